The molecular formula is C20H25F3N4O3. The molecule has 0 saturated carbocycles. The molecule has 7 nitrogen and oxygen atoms in total. The molecule has 1 aliphatic heterocycles. The fourth-order valence-electron chi connectivity index (χ4n) is 3.51. The summed E-state index contributed by atoms with van der Waals surface area (Å²) in [6.45, 7) is 3.83. The Hall–Kier alpha value is -2.46. The van der Waals surface area contributed by atoms with Gasteiger partial charge in [0.15, 0.2) is 5.69 Å². The van der Waals surface area contributed by atoms with Gasteiger partial charge in [-0.2, -0.15) is 18.3 Å². The van der Waals surface area contributed by atoms with E-state index in [-0.39, 0.29) is 23.8 Å². The van der Waals surface area contributed by atoms with Crippen LogP contribution in [0.15, 0.2) is 29.1 Å². The van der Waals surface area contributed by atoms with Gasteiger partial charge in [-0.25, -0.2) is 4.68 Å². The number of carbonyl (C=O) groups excluding carboxylic acids is 1. The number of aromatic nitrogens is 2. The van der Waals surface area contributed by atoms with Crippen molar-refractivity contribution in [2.45, 2.75) is 26.1 Å². The average molecular weight is 426 g/mol. The minimum Gasteiger partial charge on any atom is -0.372 e. The highest BCUT2D eigenvalue weighted by Gasteiger charge is 2.28. The van der Waals surface area contributed by atoms with Crippen molar-refractivity contribution in [1.29, 1.82) is 0 Å². The summed E-state index contributed by atoms with van der Waals surface area (Å²) >= 11 is 0. The fourth-order valence-corrected chi connectivity index (χ4v) is 3.51. The first-order valence-corrected chi connectivity index (χ1v) is 9.96. The molecule has 3 rings (SSSR count). The zero-order valence-electron chi connectivity index (χ0n) is 16.8. The SMILES string of the molecule is CCn1nc(C(=O)N2CCN(CCCOCC(F)(F)F)CC2)c2ccccc2c1=O. The van der Waals surface area contributed by atoms with Crippen molar-refractivity contribution < 1.29 is 22.7 Å². The lowest BCUT2D eigenvalue weighted by Crippen LogP contribution is -2.49. The Morgan fingerprint density at radius 1 is 1.13 bits per heavy atom. The number of hydrogen-bond acceptors (Lipinski definition) is 5. The fraction of sp³-hybridized carbons (Fsp3) is 0.550. The summed E-state index contributed by atoms with van der Waals surface area (Å²) in [6, 6.07) is 6.96. The second-order valence-corrected chi connectivity index (χ2v) is 7.17. The van der Waals surface area contributed by atoms with E-state index in [1.165, 1.54) is 4.68 Å². The summed E-state index contributed by atoms with van der Waals surface area (Å²) in [6.07, 6.45) is -3.80. The van der Waals surface area contributed by atoms with E-state index >= 15 is 0 Å². The first-order valence-electron chi connectivity index (χ1n) is 9.96. The van der Waals surface area contributed by atoms with Crippen LogP contribution >= 0.6 is 0 Å². The molecule has 1 aliphatic rings. The van der Waals surface area contributed by atoms with Crippen LogP contribution in [0.25, 0.3) is 10.8 Å². The van der Waals surface area contributed by atoms with Crippen LogP contribution < -0.4 is 5.56 Å². The molecule has 2 heterocycles. The Bertz CT molecular complexity index is 937. The predicted octanol–water partition coefficient (Wildman–Crippen LogP) is 2.14. The van der Waals surface area contributed by atoms with E-state index in [0.29, 0.717) is 56.5 Å². The smallest absolute Gasteiger partial charge is 0.372 e. The van der Waals surface area contributed by atoms with Crippen molar-refractivity contribution in [1.82, 2.24) is 19.6 Å². The van der Waals surface area contributed by atoms with Crippen molar-refractivity contribution in [2.75, 3.05) is 45.9 Å². The first kappa shape index (κ1) is 22.2. The van der Waals surface area contributed by atoms with Crippen LogP contribution in [0.1, 0.15) is 23.8 Å². The van der Waals surface area contributed by atoms with E-state index in [1.807, 2.05) is 0 Å². The molecule has 1 aromatic heterocycles. The number of carbonyl (C=O) groups is 1. The van der Waals surface area contributed by atoms with Crippen LogP contribution in [-0.4, -0.2) is 77.6 Å². The van der Waals surface area contributed by atoms with Gasteiger partial charge in [0.1, 0.15) is 6.61 Å². The zero-order valence-corrected chi connectivity index (χ0v) is 16.8. The number of rotatable bonds is 7. The molecule has 1 aromatic carbocycles. The van der Waals surface area contributed by atoms with Gasteiger partial charge in [-0.15, -0.1) is 0 Å². The van der Waals surface area contributed by atoms with E-state index in [0.717, 1.165) is 0 Å². The van der Waals surface area contributed by atoms with Crippen LogP contribution in [-0.2, 0) is 11.3 Å². The van der Waals surface area contributed by atoms with Gasteiger partial charge in [0, 0.05) is 51.3 Å². The van der Waals surface area contributed by atoms with Gasteiger partial charge in [-0.3, -0.25) is 14.5 Å². The Kier molecular flexibility index (Phi) is 7.09. The first-order chi connectivity index (χ1) is 14.3. The molecule has 1 amide bonds. The van der Waals surface area contributed by atoms with E-state index in [4.69, 9.17) is 0 Å². The number of hydrogen-bond donors (Lipinski definition) is 0. The monoisotopic (exact) mass is 426 g/mol. The molecule has 30 heavy (non-hydrogen) atoms. The lowest BCUT2D eigenvalue weighted by Gasteiger charge is -2.34. The van der Waals surface area contributed by atoms with Crippen molar-refractivity contribution >= 4 is 16.7 Å². The third-order valence-corrected chi connectivity index (χ3v) is 5.06. The molecular weight excluding hydrogens is 401 g/mol. The van der Waals surface area contributed by atoms with Crippen molar-refractivity contribution in [3.05, 3.63) is 40.3 Å². The third kappa shape index (κ3) is 5.37. The molecule has 2 aromatic rings. The maximum Gasteiger partial charge on any atom is 0.411 e. The molecule has 0 aliphatic carbocycles. The van der Waals surface area contributed by atoms with E-state index in [2.05, 4.69) is 14.7 Å². The van der Waals surface area contributed by atoms with Gasteiger partial charge >= 0.3 is 6.18 Å². The Labute approximate surface area is 172 Å². The number of nitrogens with zero attached hydrogens (tertiary/aromatic N) is 4. The second kappa shape index (κ2) is 9.57. The van der Waals surface area contributed by atoms with Crippen LogP contribution in [0.5, 0.6) is 0 Å². The molecule has 10 heteroatoms. The van der Waals surface area contributed by atoms with E-state index in [9.17, 15) is 22.8 Å². The molecule has 0 radical (unpaired) electrons. The normalized spacial score (nSPS) is 15.7. The van der Waals surface area contributed by atoms with Crippen LogP contribution in [0.4, 0.5) is 13.2 Å². The predicted molar refractivity (Wildman–Crippen MR) is 106 cm³/mol. The summed E-state index contributed by atoms with van der Waals surface area (Å²) in [5.74, 6) is -0.221. The Morgan fingerprint density at radius 2 is 1.80 bits per heavy atom. The number of aryl methyl sites for hydroxylation is 1. The minimum absolute atomic E-state index is 0.0487. The Balaban J connectivity index is 1.58. The van der Waals surface area contributed by atoms with Crippen molar-refractivity contribution in [3.63, 3.8) is 0 Å². The summed E-state index contributed by atoms with van der Waals surface area (Å²) < 4.78 is 42.1. The maximum atomic E-state index is 13.1. The molecule has 0 atom stereocenters. The second-order valence-electron chi connectivity index (χ2n) is 7.17. The van der Waals surface area contributed by atoms with Gasteiger partial charge in [-0.05, 0) is 19.4 Å². The van der Waals surface area contributed by atoms with Crippen LogP contribution in [0.3, 0.4) is 0 Å². The molecule has 1 fully saturated rings. The van der Waals surface area contributed by atoms with Gasteiger partial charge in [0.25, 0.3) is 11.5 Å². The Morgan fingerprint density at radius 3 is 2.43 bits per heavy atom. The van der Waals surface area contributed by atoms with Gasteiger partial charge in [0.2, 0.25) is 0 Å². The van der Waals surface area contributed by atoms with Gasteiger partial charge in [-0.1, -0.05) is 18.2 Å². The highest BCUT2D eigenvalue weighted by atomic mass is 19.4. The number of ether oxygens (including phenoxy) is 1. The molecule has 0 N–H and O–H groups in total. The molecule has 0 bridgehead atoms. The number of alkyl halides is 3. The molecule has 164 valence electrons. The largest absolute Gasteiger partial charge is 0.411 e. The standard InChI is InChI=1S/C20H25F3N4O3/c1-2-27-18(28)16-7-4-3-6-15(16)17(24-27)19(29)26-11-9-25(10-12-26)8-5-13-30-14-20(21,22)23/h3-4,6-7H,2,5,8-14H2,1H3. The zero-order chi connectivity index (χ0) is 21.7. The number of fused-ring (bicyclic) bond motifs is 1. The third-order valence-electron chi connectivity index (χ3n) is 5.06. The maximum absolute atomic E-state index is 13.1. The highest BCUT2D eigenvalue weighted by molar-refractivity contribution is 6.04. The van der Waals surface area contributed by atoms with E-state index in [1.54, 1.807) is 36.1 Å². The van der Waals surface area contributed by atoms with Crippen molar-refractivity contribution in [2.24, 2.45) is 0 Å². The topological polar surface area (TPSA) is 67.7 Å². The number of amides is 1. The van der Waals surface area contributed by atoms with Gasteiger partial charge < -0.3 is 9.64 Å². The van der Waals surface area contributed by atoms with Crippen LogP contribution in [0.2, 0.25) is 0 Å². The lowest BCUT2D eigenvalue weighted by atomic mass is 10.1. The number of piperazine rings is 1. The molecule has 0 spiro atoms. The number of halogens is 3. The minimum atomic E-state index is -4.30. The molecule has 0 unspecified atom stereocenters. The quantitative estimate of drug-likeness (QED) is 0.635. The van der Waals surface area contributed by atoms with Crippen LogP contribution in [0, 0.1) is 0 Å². The summed E-state index contributed by atoms with van der Waals surface area (Å²) in [4.78, 5) is 29.3. The molecule has 1 saturated heterocycles. The van der Waals surface area contributed by atoms with E-state index < -0.39 is 12.8 Å². The summed E-state index contributed by atoms with van der Waals surface area (Å²) in [5, 5.41) is 5.30. The highest BCUT2D eigenvalue weighted by Crippen LogP contribution is 2.17. The lowest BCUT2D eigenvalue weighted by molar-refractivity contribution is -0.174. The summed E-state index contributed by atoms with van der Waals surface area (Å²) in [7, 11) is 0. The number of benzene rings is 1. The van der Waals surface area contributed by atoms with Crippen molar-refractivity contribution in [3.8, 4) is 0 Å². The summed E-state index contributed by atoms with van der Waals surface area (Å²) in [5.41, 5.74) is 0.0447. The average Bonchev–Trinajstić information content (AvgIpc) is 2.73. The van der Waals surface area contributed by atoms with Gasteiger partial charge in [0.05, 0.1) is 5.39 Å².